The molecule has 1 amide bonds. The lowest BCUT2D eigenvalue weighted by Crippen LogP contribution is -2.30. The van der Waals surface area contributed by atoms with E-state index in [0.29, 0.717) is 25.1 Å². The number of hydrogen-bond donors (Lipinski definition) is 1. The number of hydrogen-bond acceptors (Lipinski definition) is 3. The lowest BCUT2D eigenvalue weighted by Gasteiger charge is -2.16. The third-order valence-electron chi connectivity index (χ3n) is 2.69. The standard InChI is InChI=1S/C11H14N2O2/c1-8-10(3-2-5-12-8)11(15)13-6-4-9(14)7-13/h2-3,5,9,14H,4,6-7H2,1H3/t9-/m0/s1. The molecule has 0 aromatic carbocycles. The van der Waals surface area contributed by atoms with E-state index in [0.717, 1.165) is 5.69 Å². The van der Waals surface area contributed by atoms with Gasteiger partial charge in [-0.1, -0.05) is 0 Å². The monoisotopic (exact) mass is 206 g/mol. The number of carbonyl (C=O) groups is 1. The van der Waals surface area contributed by atoms with Crippen LogP contribution in [0.4, 0.5) is 0 Å². The van der Waals surface area contributed by atoms with Crippen molar-refractivity contribution in [2.24, 2.45) is 0 Å². The molecule has 1 aliphatic rings. The summed E-state index contributed by atoms with van der Waals surface area (Å²) in [7, 11) is 0. The van der Waals surface area contributed by atoms with Crippen LogP contribution in [0.1, 0.15) is 22.5 Å². The van der Waals surface area contributed by atoms with Crippen LogP contribution in [-0.4, -0.2) is 40.1 Å². The average molecular weight is 206 g/mol. The van der Waals surface area contributed by atoms with Gasteiger partial charge in [0.15, 0.2) is 0 Å². The minimum absolute atomic E-state index is 0.0304. The van der Waals surface area contributed by atoms with Crippen molar-refractivity contribution in [1.29, 1.82) is 0 Å². The van der Waals surface area contributed by atoms with Crippen molar-refractivity contribution >= 4 is 5.91 Å². The lowest BCUT2D eigenvalue weighted by molar-refractivity contribution is 0.0764. The van der Waals surface area contributed by atoms with Gasteiger partial charge in [0.1, 0.15) is 0 Å². The van der Waals surface area contributed by atoms with E-state index in [1.807, 2.05) is 6.92 Å². The molecule has 1 N–H and O–H groups in total. The fourth-order valence-electron chi connectivity index (χ4n) is 1.81. The first-order chi connectivity index (χ1) is 7.18. The van der Waals surface area contributed by atoms with Crippen molar-refractivity contribution in [3.8, 4) is 0 Å². The van der Waals surface area contributed by atoms with Crippen molar-refractivity contribution < 1.29 is 9.90 Å². The SMILES string of the molecule is Cc1ncccc1C(=O)N1CC[C@H](O)C1. The molecule has 4 heteroatoms. The van der Waals surface area contributed by atoms with Crippen LogP contribution in [0.15, 0.2) is 18.3 Å². The molecule has 1 aromatic heterocycles. The topological polar surface area (TPSA) is 53.4 Å². The van der Waals surface area contributed by atoms with E-state index in [1.165, 1.54) is 0 Å². The fraction of sp³-hybridized carbons (Fsp3) is 0.455. The second-order valence-corrected chi connectivity index (χ2v) is 3.83. The highest BCUT2D eigenvalue weighted by Gasteiger charge is 2.26. The number of likely N-dealkylation sites (tertiary alicyclic amines) is 1. The fourth-order valence-corrected chi connectivity index (χ4v) is 1.81. The van der Waals surface area contributed by atoms with E-state index in [2.05, 4.69) is 4.98 Å². The highest BCUT2D eigenvalue weighted by Crippen LogP contribution is 2.14. The van der Waals surface area contributed by atoms with Gasteiger partial charge >= 0.3 is 0 Å². The van der Waals surface area contributed by atoms with Crippen LogP contribution in [-0.2, 0) is 0 Å². The van der Waals surface area contributed by atoms with Gasteiger partial charge in [0.2, 0.25) is 0 Å². The van der Waals surface area contributed by atoms with E-state index >= 15 is 0 Å². The van der Waals surface area contributed by atoms with E-state index in [-0.39, 0.29) is 12.0 Å². The van der Waals surface area contributed by atoms with E-state index in [9.17, 15) is 9.90 Å². The number of aliphatic hydroxyl groups excluding tert-OH is 1. The maximum absolute atomic E-state index is 12.0. The van der Waals surface area contributed by atoms with Crippen LogP contribution < -0.4 is 0 Å². The number of aliphatic hydroxyl groups is 1. The zero-order valence-corrected chi connectivity index (χ0v) is 8.68. The van der Waals surface area contributed by atoms with E-state index in [1.54, 1.807) is 23.2 Å². The second-order valence-electron chi connectivity index (χ2n) is 3.83. The zero-order valence-electron chi connectivity index (χ0n) is 8.68. The molecule has 1 fully saturated rings. The summed E-state index contributed by atoms with van der Waals surface area (Å²) in [5.41, 5.74) is 1.37. The Morgan fingerprint density at radius 3 is 3.07 bits per heavy atom. The van der Waals surface area contributed by atoms with E-state index in [4.69, 9.17) is 0 Å². The molecule has 1 aliphatic heterocycles. The van der Waals surface area contributed by atoms with Crippen molar-refractivity contribution in [3.05, 3.63) is 29.6 Å². The van der Waals surface area contributed by atoms with Crippen LogP contribution >= 0.6 is 0 Å². The molecule has 80 valence electrons. The van der Waals surface area contributed by atoms with Gasteiger partial charge in [-0.25, -0.2) is 0 Å². The third-order valence-corrected chi connectivity index (χ3v) is 2.69. The minimum Gasteiger partial charge on any atom is -0.391 e. The van der Waals surface area contributed by atoms with Crippen molar-refractivity contribution in [3.63, 3.8) is 0 Å². The van der Waals surface area contributed by atoms with Gasteiger partial charge in [0.05, 0.1) is 11.7 Å². The summed E-state index contributed by atoms with van der Waals surface area (Å²) in [6.07, 6.45) is 1.97. The summed E-state index contributed by atoms with van der Waals surface area (Å²) in [4.78, 5) is 17.7. The molecule has 4 nitrogen and oxygen atoms in total. The van der Waals surface area contributed by atoms with Gasteiger partial charge in [0.25, 0.3) is 5.91 Å². The number of aryl methyl sites for hydroxylation is 1. The molecule has 0 spiro atoms. The van der Waals surface area contributed by atoms with Crippen LogP contribution in [0.3, 0.4) is 0 Å². The number of aromatic nitrogens is 1. The molecule has 0 aliphatic carbocycles. The summed E-state index contributed by atoms with van der Waals surface area (Å²) < 4.78 is 0. The Labute approximate surface area is 88.6 Å². The molecule has 0 radical (unpaired) electrons. The Morgan fingerprint density at radius 1 is 1.67 bits per heavy atom. The number of pyridine rings is 1. The van der Waals surface area contributed by atoms with Crippen LogP contribution in [0.25, 0.3) is 0 Å². The molecule has 1 atom stereocenters. The lowest BCUT2D eigenvalue weighted by atomic mass is 10.2. The first-order valence-electron chi connectivity index (χ1n) is 5.07. The first-order valence-corrected chi connectivity index (χ1v) is 5.07. The molecule has 0 saturated carbocycles. The zero-order chi connectivity index (χ0) is 10.8. The van der Waals surface area contributed by atoms with Crippen LogP contribution in [0, 0.1) is 6.92 Å². The van der Waals surface area contributed by atoms with Crippen molar-refractivity contribution in [2.45, 2.75) is 19.4 Å². The first kappa shape index (κ1) is 10.1. The van der Waals surface area contributed by atoms with Gasteiger partial charge in [-0.3, -0.25) is 9.78 Å². The van der Waals surface area contributed by atoms with Gasteiger partial charge < -0.3 is 10.0 Å². The highest BCUT2D eigenvalue weighted by molar-refractivity contribution is 5.95. The Kier molecular flexibility index (Phi) is 2.68. The summed E-state index contributed by atoms with van der Waals surface area (Å²) in [5.74, 6) is -0.0304. The third kappa shape index (κ3) is 1.99. The smallest absolute Gasteiger partial charge is 0.255 e. The summed E-state index contributed by atoms with van der Waals surface area (Å²) in [6, 6.07) is 3.53. The number of nitrogens with zero attached hydrogens (tertiary/aromatic N) is 2. The van der Waals surface area contributed by atoms with Crippen molar-refractivity contribution in [2.75, 3.05) is 13.1 Å². The molecule has 0 unspecified atom stereocenters. The maximum atomic E-state index is 12.0. The van der Waals surface area contributed by atoms with Crippen LogP contribution in [0.2, 0.25) is 0 Å². The van der Waals surface area contributed by atoms with Gasteiger partial charge in [0, 0.05) is 25.0 Å². The van der Waals surface area contributed by atoms with Crippen LogP contribution in [0.5, 0.6) is 0 Å². The molecular formula is C11H14N2O2. The number of rotatable bonds is 1. The largest absolute Gasteiger partial charge is 0.391 e. The number of amides is 1. The predicted octanol–water partition coefficient (Wildman–Crippen LogP) is 0.597. The molecule has 2 rings (SSSR count). The summed E-state index contributed by atoms with van der Waals surface area (Å²) >= 11 is 0. The number of carbonyl (C=O) groups excluding carboxylic acids is 1. The molecule has 0 bridgehead atoms. The van der Waals surface area contributed by atoms with Crippen molar-refractivity contribution in [1.82, 2.24) is 9.88 Å². The molecule has 15 heavy (non-hydrogen) atoms. The van der Waals surface area contributed by atoms with Gasteiger partial charge in [-0.15, -0.1) is 0 Å². The predicted molar refractivity (Wildman–Crippen MR) is 55.5 cm³/mol. The Morgan fingerprint density at radius 2 is 2.47 bits per heavy atom. The molecule has 2 heterocycles. The normalized spacial score (nSPS) is 20.7. The summed E-state index contributed by atoms with van der Waals surface area (Å²) in [6.45, 7) is 2.89. The average Bonchev–Trinajstić information content (AvgIpc) is 2.65. The van der Waals surface area contributed by atoms with Gasteiger partial charge in [-0.2, -0.15) is 0 Å². The Balaban J connectivity index is 2.18. The van der Waals surface area contributed by atoms with E-state index < -0.39 is 0 Å². The summed E-state index contributed by atoms with van der Waals surface area (Å²) in [5, 5.41) is 9.36. The second kappa shape index (κ2) is 3.98. The Hall–Kier alpha value is -1.42. The highest BCUT2D eigenvalue weighted by atomic mass is 16.3. The minimum atomic E-state index is -0.370. The Bertz CT molecular complexity index is 379. The molecular weight excluding hydrogens is 192 g/mol. The molecule has 1 aromatic rings. The maximum Gasteiger partial charge on any atom is 0.255 e. The molecule has 1 saturated heterocycles. The number of β-amino-alcohol motifs (C(OH)–C–C–N with tert-alkyl or cyclic N) is 1. The van der Waals surface area contributed by atoms with Gasteiger partial charge in [-0.05, 0) is 25.5 Å². The quantitative estimate of drug-likeness (QED) is 0.732.